The molecule has 0 fully saturated rings. The number of hydrogen-bond acceptors (Lipinski definition) is 4. The van der Waals surface area contributed by atoms with E-state index in [1.165, 1.54) is 6.07 Å². The topological polar surface area (TPSA) is 55.6 Å². The van der Waals surface area contributed by atoms with E-state index in [4.69, 9.17) is 0 Å². The Kier molecular flexibility index (Phi) is 4.82. The SMILES string of the molecule is Cc1ccc(F)c2c1cc(C)n2CCNc1cc(-c2ccc3ccncc3c2)ncn1. The molecule has 5 nitrogen and oxygen atoms in total. The summed E-state index contributed by atoms with van der Waals surface area (Å²) in [7, 11) is 0. The molecule has 0 amide bonds. The number of rotatable bonds is 5. The molecule has 0 bridgehead atoms. The third-order valence-corrected chi connectivity index (χ3v) is 5.68. The molecule has 0 radical (unpaired) electrons. The summed E-state index contributed by atoms with van der Waals surface area (Å²) in [6.07, 6.45) is 5.20. The first-order valence-corrected chi connectivity index (χ1v) is 10.3. The van der Waals surface area contributed by atoms with E-state index in [0.717, 1.165) is 44.5 Å². The third-order valence-electron chi connectivity index (χ3n) is 5.68. The van der Waals surface area contributed by atoms with Crippen LogP contribution in [0.4, 0.5) is 10.2 Å². The Labute approximate surface area is 179 Å². The Morgan fingerprint density at radius 2 is 1.87 bits per heavy atom. The Bertz CT molecular complexity index is 1410. The van der Waals surface area contributed by atoms with Gasteiger partial charge in [-0.15, -0.1) is 0 Å². The van der Waals surface area contributed by atoms with E-state index >= 15 is 0 Å². The number of nitrogens with zero attached hydrogens (tertiary/aromatic N) is 4. The fraction of sp³-hybridized carbons (Fsp3) is 0.160. The van der Waals surface area contributed by atoms with E-state index in [1.807, 2.05) is 48.9 Å². The largest absolute Gasteiger partial charge is 0.368 e. The minimum atomic E-state index is -0.191. The number of benzene rings is 2. The number of halogens is 1. The minimum Gasteiger partial charge on any atom is -0.368 e. The smallest absolute Gasteiger partial charge is 0.147 e. The summed E-state index contributed by atoms with van der Waals surface area (Å²) >= 11 is 0. The summed E-state index contributed by atoms with van der Waals surface area (Å²) in [6, 6.07) is 15.5. The van der Waals surface area contributed by atoms with Crippen molar-refractivity contribution in [1.29, 1.82) is 0 Å². The van der Waals surface area contributed by atoms with Gasteiger partial charge in [-0.1, -0.05) is 18.2 Å². The molecule has 0 spiro atoms. The van der Waals surface area contributed by atoms with Crippen molar-refractivity contribution < 1.29 is 4.39 Å². The van der Waals surface area contributed by atoms with Crippen LogP contribution in [0.1, 0.15) is 11.3 Å². The molecule has 5 aromatic rings. The number of pyridine rings is 1. The zero-order valence-corrected chi connectivity index (χ0v) is 17.4. The summed E-state index contributed by atoms with van der Waals surface area (Å²) in [5.74, 6) is 0.547. The molecule has 0 saturated carbocycles. The first-order valence-electron chi connectivity index (χ1n) is 10.3. The van der Waals surface area contributed by atoms with Crippen molar-refractivity contribution in [3.05, 3.63) is 84.3 Å². The quantitative estimate of drug-likeness (QED) is 0.414. The molecule has 31 heavy (non-hydrogen) atoms. The van der Waals surface area contributed by atoms with Gasteiger partial charge in [-0.2, -0.15) is 0 Å². The fourth-order valence-corrected chi connectivity index (χ4v) is 4.04. The van der Waals surface area contributed by atoms with Crippen LogP contribution in [0.2, 0.25) is 0 Å². The highest BCUT2D eigenvalue weighted by Gasteiger charge is 2.12. The molecule has 3 heterocycles. The van der Waals surface area contributed by atoms with Gasteiger partial charge in [0.15, 0.2) is 0 Å². The van der Waals surface area contributed by atoms with Crippen LogP contribution in [0.5, 0.6) is 0 Å². The van der Waals surface area contributed by atoms with Crippen molar-refractivity contribution in [3.8, 4) is 11.3 Å². The predicted molar refractivity (Wildman–Crippen MR) is 123 cm³/mol. The van der Waals surface area contributed by atoms with E-state index in [1.54, 1.807) is 12.5 Å². The molecule has 154 valence electrons. The molecule has 3 aromatic heterocycles. The normalized spacial score (nSPS) is 11.3. The Hall–Kier alpha value is -3.80. The van der Waals surface area contributed by atoms with Crippen molar-refractivity contribution in [2.24, 2.45) is 0 Å². The lowest BCUT2D eigenvalue weighted by Gasteiger charge is -2.11. The molecule has 0 aliphatic heterocycles. The van der Waals surface area contributed by atoms with Crippen LogP contribution in [-0.2, 0) is 6.54 Å². The van der Waals surface area contributed by atoms with Gasteiger partial charge < -0.3 is 9.88 Å². The van der Waals surface area contributed by atoms with Crippen LogP contribution >= 0.6 is 0 Å². The Balaban J connectivity index is 1.36. The molecule has 0 saturated heterocycles. The van der Waals surface area contributed by atoms with Crippen LogP contribution in [0.25, 0.3) is 32.9 Å². The van der Waals surface area contributed by atoms with Crippen molar-refractivity contribution >= 4 is 27.5 Å². The summed E-state index contributed by atoms with van der Waals surface area (Å²) in [6.45, 7) is 5.28. The standard InChI is InChI=1S/C25H22FN5/c1-16-3-6-22(26)25-21(16)11-17(2)31(25)10-9-28-24-13-23(29-15-30-24)19-5-4-18-7-8-27-14-20(18)12-19/h3-8,11-15H,9-10H2,1-2H3,(H,28,29,30). The Morgan fingerprint density at radius 1 is 0.968 bits per heavy atom. The second-order valence-electron chi connectivity index (χ2n) is 7.72. The van der Waals surface area contributed by atoms with Gasteiger partial charge in [-0.25, -0.2) is 14.4 Å². The van der Waals surface area contributed by atoms with E-state index in [2.05, 4.69) is 38.5 Å². The highest BCUT2D eigenvalue weighted by atomic mass is 19.1. The maximum atomic E-state index is 14.5. The molecule has 0 unspecified atom stereocenters. The van der Waals surface area contributed by atoms with Crippen molar-refractivity contribution in [2.75, 3.05) is 11.9 Å². The van der Waals surface area contributed by atoms with E-state index in [-0.39, 0.29) is 5.82 Å². The zero-order chi connectivity index (χ0) is 21.4. The monoisotopic (exact) mass is 411 g/mol. The zero-order valence-electron chi connectivity index (χ0n) is 17.4. The molecule has 0 atom stereocenters. The Morgan fingerprint density at radius 3 is 2.77 bits per heavy atom. The number of anilines is 1. The molecule has 2 aromatic carbocycles. The lowest BCUT2D eigenvalue weighted by Crippen LogP contribution is -2.13. The van der Waals surface area contributed by atoms with Crippen LogP contribution < -0.4 is 5.32 Å². The maximum absolute atomic E-state index is 14.5. The van der Waals surface area contributed by atoms with Gasteiger partial charge in [0.05, 0.1) is 11.2 Å². The van der Waals surface area contributed by atoms with Gasteiger partial charge in [0.2, 0.25) is 0 Å². The fourth-order valence-electron chi connectivity index (χ4n) is 4.04. The second kappa shape index (κ2) is 7.80. The van der Waals surface area contributed by atoms with Crippen LogP contribution in [-0.4, -0.2) is 26.1 Å². The average Bonchev–Trinajstić information content (AvgIpc) is 3.13. The highest BCUT2D eigenvalue weighted by molar-refractivity contribution is 5.86. The van der Waals surface area contributed by atoms with Crippen LogP contribution in [0.15, 0.2) is 67.3 Å². The van der Waals surface area contributed by atoms with Gasteiger partial charge in [0.25, 0.3) is 0 Å². The third kappa shape index (κ3) is 3.61. The van der Waals surface area contributed by atoms with E-state index in [0.29, 0.717) is 18.6 Å². The summed E-state index contributed by atoms with van der Waals surface area (Å²) in [4.78, 5) is 13.0. The predicted octanol–water partition coefficient (Wildman–Crippen LogP) is 5.51. The number of fused-ring (bicyclic) bond motifs is 2. The lowest BCUT2D eigenvalue weighted by molar-refractivity contribution is 0.621. The van der Waals surface area contributed by atoms with Crippen molar-refractivity contribution in [1.82, 2.24) is 19.5 Å². The molecular formula is C25H22FN5. The summed E-state index contributed by atoms with van der Waals surface area (Å²) in [5, 5.41) is 6.53. The van der Waals surface area contributed by atoms with Crippen LogP contribution in [0, 0.1) is 19.7 Å². The second-order valence-corrected chi connectivity index (χ2v) is 7.72. The first kappa shape index (κ1) is 19.2. The average molecular weight is 411 g/mol. The molecule has 5 rings (SSSR count). The number of hydrogen-bond donors (Lipinski definition) is 1. The first-order chi connectivity index (χ1) is 15.1. The number of aryl methyl sites for hydroxylation is 2. The van der Waals surface area contributed by atoms with E-state index in [9.17, 15) is 4.39 Å². The van der Waals surface area contributed by atoms with Crippen molar-refractivity contribution in [2.45, 2.75) is 20.4 Å². The number of nitrogens with one attached hydrogen (secondary N) is 1. The van der Waals surface area contributed by atoms with Crippen LogP contribution in [0.3, 0.4) is 0 Å². The molecule has 6 heteroatoms. The maximum Gasteiger partial charge on any atom is 0.147 e. The molecular weight excluding hydrogens is 389 g/mol. The van der Waals surface area contributed by atoms with Gasteiger partial charge in [0, 0.05) is 53.6 Å². The van der Waals surface area contributed by atoms with Gasteiger partial charge in [-0.3, -0.25) is 4.98 Å². The lowest BCUT2D eigenvalue weighted by atomic mass is 10.1. The van der Waals surface area contributed by atoms with Gasteiger partial charge in [0.1, 0.15) is 18.0 Å². The van der Waals surface area contributed by atoms with Gasteiger partial charge in [-0.05, 0) is 49.1 Å². The molecule has 1 N–H and O–H groups in total. The summed E-state index contributed by atoms with van der Waals surface area (Å²) < 4.78 is 16.5. The summed E-state index contributed by atoms with van der Waals surface area (Å²) in [5.41, 5.74) is 4.63. The highest BCUT2D eigenvalue weighted by Crippen LogP contribution is 2.26. The molecule has 0 aliphatic carbocycles. The van der Waals surface area contributed by atoms with Gasteiger partial charge >= 0.3 is 0 Å². The minimum absolute atomic E-state index is 0.191. The van der Waals surface area contributed by atoms with Crippen molar-refractivity contribution in [3.63, 3.8) is 0 Å². The molecule has 0 aliphatic rings. The number of aromatic nitrogens is 4. The van der Waals surface area contributed by atoms with E-state index < -0.39 is 0 Å².